The summed E-state index contributed by atoms with van der Waals surface area (Å²) in [5, 5.41) is 0. The SMILES string of the molecule is COCCN(CCC(N)=S)c1ncccc1C(F)(F)F. The van der Waals surface area contributed by atoms with E-state index in [9.17, 15) is 13.2 Å². The van der Waals surface area contributed by atoms with Crippen molar-refractivity contribution in [3.05, 3.63) is 23.9 Å². The van der Waals surface area contributed by atoms with Crippen LogP contribution in [-0.2, 0) is 10.9 Å². The molecule has 4 nitrogen and oxygen atoms in total. The first kappa shape index (κ1) is 16.6. The molecule has 2 N–H and O–H groups in total. The molecule has 0 unspecified atom stereocenters. The van der Waals surface area contributed by atoms with Crippen LogP contribution in [0.4, 0.5) is 19.0 Å². The van der Waals surface area contributed by atoms with Gasteiger partial charge < -0.3 is 15.4 Å². The van der Waals surface area contributed by atoms with Gasteiger partial charge in [-0.1, -0.05) is 12.2 Å². The van der Waals surface area contributed by atoms with Crippen LogP contribution in [0, 0.1) is 0 Å². The maximum absolute atomic E-state index is 13.0. The van der Waals surface area contributed by atoms with Crippen molar-refractivity contribution in [1.29, 1.82) is 0 Å². The van der Waals surface area contributed by atoms with Gasteiger partial charge >= 0.3 is 6.18 Å². The van der Waals surface area contributed by atoms with E-state index in [1.807, 2.05) is 0 Å². The summed E-state index contributed by atoms with van der Waals surface area (Å²) in [4.78, 5) is 5.57. The summed E-state index contributed by atoms with van der Waals surface area (Å²) in [5.41, 5.74) is 4.62. The largest absolute Gasteiger partial charge is 0.419 e. The second kappa shape index (κ2) is 7.39. The molecule has 1 heterocycles. The molecule has 112 valence electrons. The van der Waals surface area contributed by atoms with E-state index >= 15 is 0 Å². The van der Waals surface area contributed by atoms with E-state index in [1.165, 1.54) is 24.3 Å². The van der Waals surface area contributed by atoms with Crippen molar-refractivity contribution in [2.24, 2.45) is 5.73 Å². The lowest BCUT2D eigenvalue weighted by atomic mass is 10.2. The van der Waals surface area contributed by atoms with E-state index in [4.69, 9.17) is 22.7 Å². The molecule has 0 saturated heterocycles. The fourth-order valence-corrected chi connectivity index (χ4v) is 1.73. The fraction of sp³-hybridized carbons (Fsp3) is 0.500. The van der Waals surface area contributed by atoms with Crippen molar-refractivity contribution < 1.29 is 17.9 Å². The Morgan fingerprint density at radius 3 is 2.70 bits per heavy atom. The third kappa shape index (κ3) is 4.93. The van der Waals surface area contributed by atoms with E-state index in [2.05, 4.69) is 4.98 Å². The average molecular weight is 307 g/mol. The van der Waals surface area contributed by atoms with Crippen molar-refractivity contribution in [3.8, 4) is 0 Å². The van der Waals surface area contributed by atoms with Crippen LogP contribution in [0.3, 0.4) is 0 Å². The standard InChI is InChI=1S/C12H16F3N3OS/c1-19-8-7-18(6-4-10(16)20)11-9(12(13,14)15)3-2-5-17-11/h2-3,5H,4,6-8H2,1H3,(H2,16,20). The maximum Gasteiger partial charge on any atom is 0.419 e. The van der Waals surface area contributed by atoms with Crippen molar-refractivity contribution in [2.75, 3.05) is 31.7 Å². The van der Waals surface area contributed by atoms with Gasteiger partial charge in [0.15, 0.2) is 0 Å². The van der Waals surface area contributed by atoms with Gasteiger partial charge in [-0.05, 0) is 12.1 Å². The molecule has 0 bridgehead atoms. The zero-order chi connectivity index (χ0) is 15.2. The lowest BCUT2D eigenvalue weighted by Crippen LogP contribution is -2.33. The predicted octanol–water partition coefficient (Wildman–Crippen LogP) is 2.23. The van der Waals surface area contributed by atoms with Crippen LogP contribution in [0.15, 0.2) is 18.3 Å². The number of aromatic nitrogens is 1. The lowest BCUT2D eigenvalue weighted by molar-refractivity contribution is -0.137. The number of hydrogen-bond acceptors (Lipinski definition) is 4. The molecular weight excluding hydrogens is 291 g/mol. The molecule has 0 atom stereocenters. The maximum atomic E-state index is 13.0. The van der Waals surface area contributed by atoms with Crippen LogP contribution in [0.25, 0.3) is 0 Å². The number of anilines is 1. The van der Waals surface area contributed by atoms with E-state index < -0.39 is 11.7 Å². The first-order chi connectivity index (χ1) is 9.36. The number of pyridine rings is 1. The number of hydrogen-bond donors (Lipinski definition) is 1. The Morgan fingerprint density at radius 2 is 2.15 bits per heavy atom. The first-order valence-electron chi connectivity index (χ1n) is 5.90. The summed E-state index contributed by atoms with van der Waals surface area (Å²) in [6, 6.07) is 2.26. The van der Waals surface area contributed by atoms with Crippen molar-refractivity contribution in [1.82, 2.24) is 4.98 Å². The van der Waals surface area contributed by atoms with Gasteiger partial charge in [-0.15, -0.1) is 0 Å². The van der Waals surface area contributed by atoms with E-state index in [0.29, 0.717) is 6.42 Å². The minimum Gasteiger partial charge on any atom is -0.393 e. The molecule has 0 amide bonds. The normalized spacial score (nSPS) is 11.4. The first-order valence-corrected chi connectivity index (χ1v) is 6.31. The highest BCUT2D eigenvalue weighted by Crippen LogP contribution is 2.35. The van der Waals surface area contributed by atoms with E-state index in [1.54, 1.807) is 0 Å². The molecule has 0 saturated carbocycles. The Labute approximate surface area is 120 Å². The molecular formula is C12H16F3N3OS. The van der Waals surface area contributed by atoms with Crippen LogP contribution >= 0.6 is 12.2 Å². The number of nitrogens with two attached hydrogens (primary N) is 1. The smallest absolute Gasteiger partial charge is 0.393 e. The van der Waals surface area contributed by atoms with Crippen molar-refractivity contribution in [2.45, 2.75) is 12.6 Å². The average Bonchev–Trinajstić information content (AvgIpc) is 2.37. The van der Waals surface area contributed by atoms with Gasteiger partial charge in [0, 0.05) is 32.8 Å². The molecule has 0 radical (unpaired) electrons. The zero-order valence-electron chi connectivity index (χ0n) is 11.0. The van der Waals surface area contributed by atoms with Gasteiger partial charge in [0.05, 0.1) is 17.2 Å². The molecule has 20 heavy (non-hydrogen) atoms. The third-order valence-corrected chi connectivity index (χ3v) is 2.79. The molecule has 8 heteroatoms. The minimum absolute atomic E-state index is 0.131. The molecule has 1 rings (SSSR count). The van der Waals surface area contributed by atoms with Gasteiger partial charge in [-0.2, -0.15) is 13.2 Å². The van der Waals surface area contributed by atoms with Gasteiger partial charge in [0.1, 0.15) is 5.82 Å². The number of alkyl halides is 3. The Balaban J connectivity index is 3.02. The predicted molar refractivity (Wildman–Crippen MR) is 74.7 cm³/mol. The summed E-state index contributed by atoms with van der Waals surface area (Å²) in [5.74, 6) is -0.131. The highest BCUT2D eigenvalue weighted by Gasteiger charge is 2.35. The third-order valence-electron chi connectivity index (χ3n) is 2.59. The lowest BCUT2D eigenvalue weighted by Gasteiger charge is -2.26. The van der Waals surface area contributed by atoms with E-state index in [-0.39, 0.29) is 30.5 Å². The molecule has 1 aromatic rings. The topological polar surface area (TPSA) is 51.4 Å². The fourth-order valence-electron chi connectivity index (χ4n) is 1.64. The number of methoxy groups -OCH3 is 1. The molecule has 0 aromatic carbocycles. The van der Waals surface area contributed by atoms with Crippen LogP contribution in [0.2, 0.25) is 0 Å². The highest BCUT2D eigenvalue weighted by molar-refractivity contribution is 7.80. The Kier molecular flexibility index (Phi) is 6.15. The summed E-state index contributed by atoms with van der Waals surface area (Å²) >= 11 is 4.76. The number of rotatable bonds is 7. The number of halogens is 3. The minimum atomic E-state index is -4.46. The number of nitrogens with zero attached hydrogens (tertiary/aromatic N) is 2. The van der Waals surface area contributed by atoms with Crippen LogP contribution < -0.4 is 10.6 Å². The second-order valence-electron chi connectivity index (χ2n) is 4.07. The van der Waals surface area contributed by atoms with Crippen molar-refractivity contribution >= 4 is 23.0 Å². The van der Waals surface area contributed by atoms with Crippen molar-refractivity contribution in [3.63, 3.8) is 0 Å². The van der Waals surface area contributed by atoms with Gasteiger partial charge in [0.2, 0.25) is 0 Å². The van der Waals surface area contributed by atoms with E-state index in [0.717, 1.165) is 6.07 Å². The van der Waals surface area contributed by atoms with Crippen LogP contribution in [0.5, 0.6) is 0 Å². The summed E-state index contributed by atoms with van der Waals surface area (Å²) in [7, 11) is 1.48. The highest BCUT2D eigenvalue weighted by atomic mass is 32.1. The molecule has 0 aliphatic carbocycles. The quantitative estimate of drug-likeness (QED) is 0.783. The Morgan fingerprint density at radius 1 is 1.45 bits per heavy atom. The van der Waals surface area contributed by atoms with Crippen LogP contribution in [-0.4, -0.2) is 36.8 Å². The van der Waals surface area contributed by atoms with Crippen LogP contribution in [0.1, 0.15) is 12.0 Å². The second-order valence-corrected chi connectivity index (χ2v) is 4.59. The molecule has 0 aliphatic heterocycles. The Hall–Kier alpha value is -1.41. The molecule has 1 aromatic heterocycles. The monoisotopic (exact) mass is 307 g/mol. The molecule has 0 fully saturated rings. The van der Waals surface area contributed by atoms with Gasteiger partial charge in [-0.25, -0.2) is 4.98 Å². The zero-order valence-corrected chi connectivity index (χ0v) is 11.8. The molecule has 0 aliphatic rings. The summed E-state index contributed by atoms with van der Waals surface area (Å²) < 4.78 is 43.9. The van der Waals surface area contributed by atoms with Gasteiger partial charge in [0.25, 0.3) is 0 Å². The molecule has 0 spiro atoms. The van der Waals surface area contributed by atoms with Gasteiger partial charge in [-0.3, -0.25) is 0 Å². The summed E-state index contributed by atoms with van der Waals surface area (Å²) in [6.45, 7) is 0.823. The Bertz CT molecular complexity index is 454. The number of thiocarbonyl (C=S) groups is 1. The summed E-state index contributed by atoms with van der Waals surface area (Å²) in [6.07, 6.45) is -2.82. The number of ether oxygens (including phenoxy) is 1.